The van der Waals surface area contributed by atoms with Crippen LogP contribution in [0.25, 0.3) is 0 Å². The van der Waals surface area contributed by atoms with Gasteiger partial charge >= 0.3 is 0 Å². The Morgan fingerprint density at radius 3 is 2.42 bits per heavy atom. The maximum atomic E-state index is 12.6. The van der Waals surface area contributed by atoms with E-state index in [4.69, 9.17) is 4.74 Å². The van der Waals surface area contributed by atoms with E-state index in [9.17, 15) is 4.79 Å². The minimum absolute atomic E-state index is 0.166. The number of nitrogens with zero attached hydrogens (tertiary/aromatic N) is 3. The second-order valence-corrected chi connectivity index (χ2v) is 7.91. The number of carbonyl (C=O) groups excluding carboxylic acids is 1. The normalized spacial score (nSPS) is 28.8. The lowest BCUT2D eigenvalue weighted by molar-refractivity contribution is -0.139. The topological polar surface area (TPSA) is 48.1 Å². The van der Waals surface area contributed by atoms with E-state index < -0.39 is 0 Å². The molecule has 0 bridgehead atoms. The lowest BCUT2D eigenvalue weighted by Gasteiger charge is -2.41. The van der Waals surface area contributed by atoms with Crippen LogP contribution in [0.3, 0.4) is 0 Å². The molecule has 0 aromatic carbocycles. The Bertz CT molecular complexity index is 419. The molecule has 0 aromatic heterocycles. The Morgan fingerprint density at radius 2 is 1.83 bits per heavy atom. The van der Waals surface area contributed by atoms with E-state index in [0.717, 1.165) is 65.5 Å². The fraction of sp³-hybridized carbons (Fsp3) is 0.944. The average Bonchev–Trinajstić information content (AvgIpc) is 2.53. The number of carbonyl (C=O) groups is 1. The molecule has 6 nitrogen and oxygen atoms in total. The number of morpholine rings is 1. The SMILES string of the molecule is CC(C(=O)N1CCN(CC2CN(C(C)C)CCO2)CC1)C1CNC1. The molecular formula is C18H34N4O2. The molecule has 3 aliphatic heterocycles. The Balaban J connectivity index is 1.41. The molecule has 0 radical (unpaired) electrons. The van der Waals surface area contributed by atoms with Crippen LogP contribution >= 0.6 is 0 Å². The Hall–Kier alpha value is -0.690. The van der Waals surface area contributed by atoms with Gasteiger partial charge in [-0.2, -0.15) is 0 Å². The summed E-state index contributed by atoms with van der Waals surface area (Å²) >= 11 is 0. The molecular weight excluding hydrogens is 304 g/mol. The number of hydrogen-bond donors (Lipinski definition) is 1. The number of hydrogen-bond acceptors (Lipinski definition) is 5. The number of amides is 1. The van der Waals surface area contributed by atoms with E-state index in [0.29, 0.717) is 24.0 Å². The molecule has 3 rings (SSSR count). The van der Waals surface area contributed by atoms with Gasteiger partial charge in [-0.15, -0.1) is 0 Å². The second kappa shape index (κ2) is 8.13. The molecule has 3 fully saturated rings. The minimum atomic E-state index is 0.166. The van der Waals surface area contributed by atoms with Gasteiger partial charge in [0.1, 0.15) is 0 Å². The van der Waals surface area contributed by atoms with Crippen molar-refractivity contribution in [2.24, 2.45) is 11.8 Å². The number of rotatable bonds is 5. The first-order valence-corrected chi connectivity index (χ1v) is 9.62. The monoisotopic (exact) mass is 338 g/mol. The summed E-state index contributed by atoms with van der Waals surface area (Å²) in [5, 5.41) is 3.27. The predicted molar refractivity (Wildman–Crippen MR) is 95.0 cm³/mol. The summed E-state index contributed by atoms with van der Waals surface area (Å²) in [7, 11) is 0. The Labute approximate surface area is 146 Å². The Morgan fingerprint density at radius 1 is 1.12 bits per heavy atom. The lowest BCUT2D eigenvalue weighted by Crippen LogP contribution is -2.56. The van der Waals surface area contributed by atoms with Crippen molar-refractivity contribution in [2.45, 2.75) is 32.9 Å². The summed E-state index contributed by atoms with van der Waals surface area (Å²) < 4.78 is 5.96. The third-order valence-electron chi connectivity index (χ3n) is 5.96. The standard InChI is InChI=1S/C18H34N4O2/c1-14(2)22-8-9-24-17(13-22)12-20-4-6-21(7-5-20)18(23)15(3)16-10-19-11-16/h14-17,19H,4-13H2,1-3H3. The summed E-state index contributed by atoms with van der Waals surface area (Å²) in [5.41, 5.74) is 0. The van der Waals surface area contributed by atoms with Crippen LogP contribution in [0.1, 0.15) is 20.8 Å². The van der Waals surface area contributed by atoms with Gasteiger partial charge < -0.3 is 15.0 Å². The van der Waals surface area contributed by atoms with Crippen LogP contribution in [0.4, 0.5) is 0 Å². The highest BCUT2D eigenvalue weighted by Gasteiger charge is 2.33. The quantitative estimate of drug-likeness (QED) is 0.770. The molecule has 0 aromatic rings. The van der Waals surface area contributed by atoms with Crippen molar-refractivity contribution < 1.29 is 9.53 Å². The number of ether oxygens (including phenoxy) is 1. The summed E-state index contributed by atoms with van der Waals surface area (Å²) in [6.45, 7) is 16.2. The molecule has 1 amide bonds. The van der Waals surface area contributed by atoms with Crippen LogP contribution in [-0.4, -0.2) is 98.3 Å². The van der Waals surface area contributed by atoms with Crippen molar-refractivity contribution >= 4 is 5.91 Å². The van der Waals surface area contributed by atoms with Gasteiger partial charge in [-0.3, -0.25) is 14.6 Å². The lowest BCUT2D eigenvalue weighted by atomic mass is 9.88. The van der Waals surface area contributed by atoms with Gasteiger partial charge in [0.05, 0.1) is 12.7 Å². The van der Waals surface area contributed by atoms with Crippen LogP contribution in [0.15, 0.2) is 0 Å². The molecule has 24 heavy (non-hydrogen) atoms. The fourth-order valence-corrected chi connectivity index (χ4v) is 3.91. The molecule has 1 N–H and O–H groups in total. The van der Waals surface area contributed by atoms with Gasteiger partial charge in [0.25, 0.3) is 0 Å². The molecule has 2 atom stereocenters. The largest absolute Gasteiger partial charge is 0.374 e. The molecule has 6 heteroatoms. The average molecular weight is 338 g/mol. The van der Waals surface area contributed by atoms with E-state index in [1.54, 1.807) is 0 Å². The highest BCUT2D eigenvalue weighted by atomic mass is 16.5. The molecule has 138 valence electrons. The maximum absolute atomic E-state index is 12.6. The van der Waals surface area contributed by atoms with Gasteiger partial charge in [0.2, 0.25) is 5.91 Å². The van der Waals surface area contributed by atoms with Crippen molar-refractivity contribution in [3.63, 3.8) is 0 Å². The van der Waals surface area contributed by atoms with Gasteiger partial charge in [0.15, 0.2) is 0 Å². The molecule has 0 saturated carbocycles. The number of piperazine rings is 1. The number of nitrogens with one attached hydrogen (secondary N) is 1. The smallest absolute Gasteiger partial charge is 0.225 e. The Kier molecular flexibility index (Phi) is 6.13. The van der Waals surface area contributed by atoms with Crippen LogP contribution in [-0.2, 0) is 9.53 Å². The van der Waals surface area contributed by atoms with Crippen molar-refractivity contribution in [1.82, 2.24) is 20.0 Å². The van der Waals surface area contributed by atoms with E-state index in [1.165, 1.54) is 0 Å². The van der Waals surface area contributed by atoms with Gasteiger partial charge in [-0.05, 0) is 32.9 Å². The third-order valence-corrected chi connectivity index (χ3v) is 5.96. The van der Waals surface area contributed by atoms with E-state index in [1.807, 2.05) is 0 Å². The highest BCUT2D eigenvalue weighted by Crippen LogP contribution is 2.19. The molecule has 0 spiro atoms. The summed E-state index contributed by atoms with van der Waals surface area (Å²) in [6.07, 6.45) is 0.309. The highest BCUT2D eigenvalue weighted by molar-refractivity contribution is 5.79. The van der Waals surface area contributed by atoms with E-state index in [-0.39, 0.29) is 5.92 Å². The molecule has 3 aliphatic rings. The molecule has 3 saturated heterocycles. The van der Waals surface area contributed by atoms with Crippen molar-refractivity contribution in [3.8, 4) is 0 Å². The molecule has 2 unspecified atom stereocenters. The zero-order valence-corrected chi connectivity index (χ0v) is 15.5. The maximum Gasteiger partial charge on any atom is 0.225 e. The van der Waals surface area contributed by atoms with Gasteiger partial charge in [-0.1, -0.05) is 6.92 Å². The first kappa shape index (κ1) is 18.1. The fourth-order valence-electron chi connectivity index (χ4n) is 3.91. The van der Waals surface area contributed by atoms with Crippen LogP contribution < -0.4 is 5.32 Å². The predicted octanol–water partition coefficient (Wildman–Crippen LogP) is 0.0953. The van der Waals surface area contributed by atoms with Crippen molar-refractivity contribution in [1.29, 1.82) is 0 Å². The first-order valence-electron chi connectivity index (χ1n) is 9.62. The van der Waals surface area contributed by atoms with Gasteiger partial charge in [0, 0.05) is 57.8 Å². The van der Waals surface area contributed by atoms with Gasteiger partial charge in [-0.25, -0.2) is 0 Å². The van der Waals surface area contributed by atoms with Crippen molar-refractivity contribution in [3.05, 3.63) is 0 Å². The third kappa shape index (κ3) is 4.28. The summed E-state index contributed by atoms with van der Waals surface area (Å²) in [4.78, 5) is 19.6. The minimum Gasteiger partial charge on any atom is -0.374 e. The van der Waals surface area contributed by atoms with E-state index in [2.05, 4.69) is 40.8 Å². The second-order valence-electron chi connectivity index (χ2n) is 7.91. The summed E-state index contributed by atoms with van der Waals surface area (Å²) in [6, 6.07) is 0.591. The zero-order chi connectivity index (χ0) is 17.1. The van der Waals surface area contributed by atoms with E-state index >= 15 is 0 Å². The summed E-state index contributed by atoms with van der Waals surface area (Å²) in [5.74, 6) is 1.05. The van der Waals surface area contributed by atoms with Crippen molar-refractivity contribution in [2.75, 3.05) is 65.5 Å². The first-order chi connectivity index (χ1) is 11.5. The van der Waals surface area contributed by atoms with Crippen LogP contribution in [0.5, 0.6) is 0 Å². The molecule has 0 aliphatic carbocycles. The molecule has 3 heterocycles. The van der Waals surface area contributed by atoms with Crippen LogP contribution in [0.2, 0.25) is 0 Å². The zero-order valence-electron chi connectivity index (χ0n) is 15.5. The van der Waals surface area contributed by atoms with Crippen LogP contribution in [0, 0.1) is 11.8 Å².